The lowest BCUT2D eigenvalue weighted by Crippen LogP contribution is -2.07. The Hall–Kier alpha value is -1.04. The maximum Gasteiger partial charge on any atom is -0.0168 e. The van der Waals surface area contributed by atoms with E-state index in [4.69, 9.17) is 0 Å². The van der Waals surface area contributed by atoms with Crippen LogP contribution in [-0.4, -0.2) is 0 Å². The van der Waals surface area contributed by atoms with Crippen LogP contribution in [0.2, 0.25) is 0 Å². The second kappa shape index (κ2) is 9.00. The lowest BCUT2D eigenvalue weighted by atomic mass is 9.83. The third kappa shape index (κ3) is 6.93. The predicted octanol–water partition coefficient (Wildman–Crippen LogP) is 6.76. The van der Waals surface area contributed by atoms with Crippen LogP contribution in [0.4, 0.5) is 0 Å². The average Bonchev–Trinajstić information content (AvgIpc) is 2.39. The van der Waals surface area contributed by atoms with Crippen molar-refractivity contribution in [3.63, 3.8) is 0 Å². The number of allylic oxidation sites excluding steroid dienone is 7. The van der Waals surface area contributed by atoms with Crippen LogP contribution in [0.3, 0.4) is 0 Å². The summed E-state index contributed by atoms with van der Waals surface area (Å²) in [5, 5.41) is 0. The van der Waals surface area contributed by atoms with Crippen LogP contribution in [0.5, 0.6) is 0 Å². The van der Waals surface area contributed by atoms with Crippen molar-refractivity contribution in [3.05, 3.63) is 47.1 Å². The maximum atomic E-state index is 4.32. The predicted molar refractivity (Wildman–Crippen MR) is 91.9 cm³/mol. The minimum atomic E-state index is 0.734. The molecule has 0 amide bonds. The van der Waals surface area contributed by atoms with E-state index >= 15 is 0 Å². The van der Waals surface area contributed by atoms with Crippen molar-refractivity contribution < 1.29 is 0 Å². The van der Waals surface area contributed by atoms with Crippen LogP contribution < -0.4 is 0 Å². The second-order valence-corrected chi connectivity index (χ2v) is 6.59. The molecule has 0 bridgehead atoms. The molecule has 1 aliphatic rings. The first-order chi connectivity index (χ1) is 9.49. The first kappa shape index (κ1) is 17.0. The molecular formula is C20H32. The van der Waals surface area contributed by atoms with Gasteiger partial charge in [0, 0.05) is 0 Å². The second-order valence-electron chi connectivity index (χ2n) is 6.59. The lowest BCUT2D eigenvalue weighted by Gasteiger charge is -2.22. The molecule has 1 atom stereocenters. The molecule has 0 N–H and O–H groups in total. The molecule has 0 aromatic carbocycles. The molecule has 0 aliphatic heterocycles. The van der Waals surface area contributed by atoms with E-state index in [0.717, 1.165) is 12.3 Å². The van der Waals surface area contributed by atoms with E-state index in [9.17, 15) is 0 Å². The molecule has 0 saturated heterocycles. The van der Waals surface area contributed by atoms with Crippen molar-refractivity contribution in [3.8, 4) is 0 Å². The summed E-state index contributed by atoms with van der Waals surface area (Å²) in [5.41, 5.74) is 5.97. The van der Waals surface area contributed by atoms with E-state index in [-0.39, 0.29) is 0 Å². The Bertz CT molecular complexity index is 400. The summed E-state index contributed by atoms with van der Waals surface area (Å²) in [6, 6.07) is 0. The summed E-state index contributed by atoms with van der Waals surface area (Å²) in [6.45, 7) is 13.2. The van der Waals surface area contributed by atoms with Crippen molar-refractivity contribution in [1.29, 1.82) is 0 Å². The molecule has 0 unspecified atom stereocenters. The van der Waals surface area contributed by atoms with Gasteiger partial charge < -0.3 is 0 Å². The quantitative estimate of drug-likeness (QED) is 0.449. The van der Waals surface area contributed by atoms with Crippen LogP contribution >= 0.6 is 0 Å². The Morgan fingerprint density at radius 1 is 1.20 bits per heavy atom. The maximum absolute atomic E-state index is 4.32. The van der Waals surface area contributed by atoms with Crippen LogP contribution in [0.15, 0.2) is 47.1 Å². The Balaban J connectivity index is 2.25. The van der Waals surface area contributed by atoms with Crippen LogP contribution in [0.25, 0.3) is 0 Å². The Kier molecular flexibility index (Phi) is 7.65. The molecule has 0 aromatic heterocycles. The number of rotatable bonds is 7. The standard InChI is InChI=1S/C20H32/c1-16(2)8-6-9-17(3)10-7-11-19(5)20-14-12-18(4)13-15-20/h8,10,12,20H,5-7,9,11,13-15H2,1-4H3/b17-10+/t20-/m1/s1. The van der Waals surface area contributed by atoms with Crippen LogP contribution in [-0.2, 0) is 0 Å². The summed E-state index contributed by atoms with van der Waals surface area (Å²) in [4.78, 5) is 0. The first-order valence-corrected chi connectivity index (χ1v) is 8.11. The lowest BCUT2D eigenvalue weighted by molar-refractivity contribution is 0.523. The third-order valence-electron chi connectivity index (χ3n) is 4.26. The summed E-state index contributed by atoms with van der Waals surface area (Å²) < 4.78 is 0. The average molecular weight is 272 g/mol. The fourth-order valence-corrected chi connectivity index (χ4v) is 2.73. The number of hydrogen-bond donors (Lipinski definition) is 0. The van der Waals surface area contributed by atoms with Gasteiger partial charge in [0.1, 0.15) is 0 Å². The van der Waals surface area contributed by atoms with E-state index in [1.807, 2.05) is 0 Å². The molecule has 0 heteroatoms. The fraction of sp³-hybridized carbons (Fsp3) is 0.600. The van der Waals surface area contributed by atoms with Gasteiger partial charge in [-0.2, -0.15) is 0 Å². The highest BCUT2D eigenvalue weighted by atomic mass is 14.2. The minimum absolute atomic E-state index is 0.734. The zero-order chi connectivity index (χ0) is 15.0. The van der Waals surface area contributed by atoms with E-state index < -0.39 is 0 Å². The van der Waals surface area contributed by atoms with Gasteiger partial charge in [-0.3, -0.25) is 0 Å². The molecule has 0 saturated carbocycles. The molecule has 0 spiro atoms. The van der Waals surface area contributed by atoms with Crippen molar-refractivity contribution in [2.75, 3.05) is 0 Å². The normalized spacial score (nSPS) is 19.5. The summed E-state index contributed by atoms with van der Waals surface area (Å²) in [6.07, 6.45) is 15.6. The molecule has 112 valence electrons. The van der Waals surface area contributed by atoms with Crippen molar-refractivity contribution in [1.82, 2.24) is 0 Å². The molecule has 1 rings (SSSR count). The highest BCUT2D eigenvalue weighted by Gasteiger charge is 2.14. The van der Waals surface area contributed by atoms with Gasteiger partial charge in [-0.25, -0.2) is 0 Å². The van der Waals surface area contributed by atoms with Crippen LogP contribution in [0, 0.1) is 5.92 Å². The first-order valence-electron chi connectivity index (χ1n) is 8.11. The van der Waals surface area contributed by atoms with Gasteiger partial charge in [0.15, 0.2) is 0 Å². The summed E-state index contributed by atoms with van der Waals surface area (Å²) >= 11 is 0. The van der Waals surface area contributed by atoms with Crippen LogP contribution in [0.1, 0.15) is 72.6 Å². The topological polar surface area (TPSA) is 0 Å². The van der Waals surface area contributed by atoms with E-state index in [2.05, 4.69) is 52.5 Å². The van der Waals surface area contributed by atoms with Gasteiger partial charge >= 0.3 is 0 Å². The Morgan fingerprint density at radius 3 is 2.50 bits per heavy atom. The largest absolute Gasteiger partial charge is 0.0996 e. The molecule has 0 nitrogen and oxygen atoms in total. The number of hydrogen-bond acceptors (Lipinski definition) is 0. The third-order valence-corrected chi connectivity index (χ3v) is 4.26. The summed E-state index contributed by atoms with van der Waals surface area (Å²) in [7, 11) is 0. The van der Waals surface area contributed by atoms with Gasteiger partial charge in [0.05, 0.1) is 0 Å². The zero-order valence-electron chi connectivity index (χ0n) is 14.0. The minimum Gasteiger partial charge on any atom is -0.0996 e. The van der Waals surface area contributed by atoms with Gasteiger partial charge in [-0.15, -0.1) is 0 Å². The smallest absolute Gasteiger partial charge is 0.0168 e. The molecule has 1 aliphatic carbocycles. The molecular weight excluding hydrogens is 240 g/mol. The van der Waals surface area contributed by atoms with E-state index in [1.165, 1.54) is 55.2 Å². The zero-order valence-corrected chi connectivity index (χ0v) is 14.0. The molecule has 20 heavy (non-hydrogen) atoms. The van der Waals surface area contributed by atoms with E-state index in [0.29, 0.717) is 0 Å². The van der Waals surface area contributed by atoms with Crippen molar-refractivity contribution >= 4 is 0 Å². The van der Waals surface area contributed by atoms with E-state index in [1.54, 1.807) is 5.57 Å². The molecule has 0 heterocycles. The Morgan fingerprint density at radius 2 is 1.90 bits per heavy atom. The SMILES string of the molecule is C=C(CC/C=C(\C)CCC=C(C)C)[C@@H]1CC=C(C)CC1. The van der Waals surface area contributed by atoms with Gasteiger partial charge in [-0.05, 0) is 78.6 Å². The molecule has 0 fully saturated rings. The van der Waals surface area contributed by atoms with Gasteiger partial charge in [0.25, 0.3) is 0 Å². The Labute approximate surface area is 126 Å². The van der Waals surface area contributed by atoms with Crippen molar-refractivity contribution in [2.45, 2.75) is 72.6 Å². The highest BCUT2D eigenvalue weighted by molar-refractivity contribution is 5.12. The monoisotopic (exact) mass is 272 g/mol. The summed E-state index contributed by atoms with van der Waals surface area (Å²) in [5.74, 6) is 0.734. The highest BCUT2D eigenvalue weighted by Crippen LogP contribution is 2.30. The molecule has 0 aromatic rings. The fourth-order valence-electron chi connectivity index (χ4n) is 2.73. The van der Waals surface area contributed by atoms with Gasteiger partial charge in [0.2, 0.25) is 0 Å². The van der Waals surface area contributed by atoms with Gasteiger partial charge in [-0.1, -0.05) is 47.1 Å². The van der Waals surface area contributed by atoms with Crippen molar-refractivity contribution in [2.24, 2.45) is 5.92 Å². The molecule has 0 radical (unpaired) electrons.